The molecule has 33 heavy (non-hydrogen) atoms. The summed E-state index contributed by atoms with van der Waals surface area (Å²) in [5, 5.41) is 3.85. The number of likely N-dealkylation sites (tertiary alicyclic amines) is 1. The molecule has 1 amide bonds. The number of hydrogen-bond donors (Lipinski definition) is 0. The first-order valence-electron chi connectivity index (χ1n) is 10.2. The molecular weight excluding hydrogens is 432 g/mol. The monoisotopic (exact) mass is 453 g/mol. The number of nitrogens with zero attached hydrogens (tertiary/aromatic N) is 5. The molecule has 3 aromatic rings. The lowest BCUT2D eigenvalue weighted by Gasteiger charge is -2.26. The van der Waals surface area contributed by atoms with E-state index in [0.29, 0.717) is 17.0 Å². The average molecular weight is 453 g/mol. The van der Waals surface area contributed by atoms with Crippen LogP contribution in [0.4, 0.5) is 13.6 Å². The van der Waals surface area contributed by atoms with Gasteiger partial charge in [0.25, 0.3) is 5.92 Å². The van der Waals surface area contributed by atoms with Crippen molar-refractivity contribution in [3.8, 4) is 23.4 Å². The summed E-state index contributed by atoms with van der Waals surface area (Å²) in [5.74, 6) is 2.81. The van der Waals surface area contributed by atoms with E-state index < -0.39 is 36.6 Å². The van der Waals surface area contributed by atoms with Crippen LogP contribution in [0.5, 0.6) is 0 Å². The molecule has 8 nitrogen and oxygen atoms in total. The van der Waals surface area contributed by atoms with E-state index in [9.17, 15) is 13.6 Å². The Morgan fingerprint density at radius 3 is 2.70 bits per heavy atom. The van der Waals surface area contributed by atoms with E-state index in [1.165, 1.54) is 6.20 Å². The zero-order chi connectivity index (χ0) is 23.6. The van der Waals surface area contributed by atoms with Gasteiger partial charge in [-0.2, -0.15) is 4.98 Å². The number of rotatable bonds is 2. The quantitative estimate of drug-likeness (QED) is 0.536. The van der Waals surface area contributed by atoms with Crippen molar-refractivity contribution in [1.29, 1.82) is 0 Å². The Kier molecular flexibility index (Phi) is 5.80. The van der Waals surface area contributed by atoms with Gasteiger partial charge in [0.1, 0.15) is 23.0 Å². The predicted octanol–water partition coefficient (Wildman–Crippen LogP) is 4.24. The van der Waals surface area contributed by atoms with E-state index in [1.54, 1.807) is 51.2 Å². The molecule has 0 spiro atoms. The van der Waals surface area contributed by atoms with E-state index in [2.05, 4.69) is 31.9 Å². The summed E-state index contributed by atoms with van der Waals surface area (Å²) in [5.41, 5.74) is 0.832. The second kappa shape index (κ2) is 8.58. The van der Waals surface area contributed by atoms with Gasteiger partial charge in [-0.3, -0.25) is 9.88 Å². The zero-order valence-corrected chi connectivity index (χ0v) is 18.2. The van der Waals surface area contributed by atoms with E-state index >= 15 is 0 Å². The Balaban J connectivity index is 1.52. The van der Waals surface area contributed by atoms with Gasteiger partial charge in [0.15, 0.2) is 0 Å². The smallest absolute Gasteiger partial charge is 0.411 e. The predicted molar refractivity (Wildman–Crippen MR) is 113 cm³/mol. The van der Waals surface area contributed by atoms with Crippen LogP contribution in [-0.2, 0) is 4.74 Å². The molecule has 3 aromatic heterocycles. The van der Waals surface area contributed by atoms with Gasteiger partial charge in [-0.25, -0.2) is 18.6 Å². The summed E-state index contributed by atoms with van der Waals surface area (Å²) >= 11 is 0. The SMILES string of the molecule is CC(C)(C)OC(=O)N1CC(F)(F)C[C@@H]1c1nc(-c2ccc(C#Cc3ccccn3)cn2)no1. The summed E-state index contributed by atoms with van der Waals surface area (Å²) in [6, 6.07) is 7.72. The molecule has 1 saturated heterocycles. The van der Waals surface area contributed by atoms with Gasteiger partial charge in [-0.1, -0.05) is 17.1 Å². The molecule has 10 heteroatoms. The Labute approximate surface area is 189 Å². The number of halogens is 2. The number of carbonyl (C=O) groups is 1. The first-order chi connectivity index (χ1) is 15.6. The highest BCUT2D eigenvalue weighted by Crippen LogP contribution is 2.41. The van der Waals surface area contributed by atoms with Crippen molar-refractivity contribution >= 4 is 6.09 Å². The maximum absolute atomic E-state index is 14.1. The Morgan fingerprint density at radius 2 is 2.03 bits per heavy atom. The van der Waals surface area contributed by atoms with E-state index in [1.807, 2.05) is 6.07 Å². The third kappa shape index (κ3) is 5.49. The fourth-order valence-corrected chi connectivity index (χ4v) is 3.20. The lowest BCUT2D eigenvalue weighted by Crippen LogP contribution is -2.38. The first-order valence-corrected chi connectivity index (χ1v) is 10.2. The van der Waals surface area contributed by atoms with Gasteiger partial charge >= 0.3 is 6.09 Å². The van der Waals surface area contributed by atoms with Gasteiger partial charge in [0.2, 0.25) is 11.7 Å². The Bertz CT molecular complexity index is 1190. The lowest BCUT2D eigenvalue weighted by molar-refractivity contribution is -0.00264. The largest absolute Gasteiger partial charge is 0.444 e. The molecule has 1 fully saturated rings. The highest BCUT2D eigenvalue weighted by Gasteiger charge is 2.51. The second-order valence-corrected chi connectivity index (χ2v) is 8.54. The van der Waals surface area contributed by atoms with Gasteiger partial charge in [0, 0.05) is 24.4 Å². The number of carbonyl (C=O) groups excluding carboxylic acids is 1. The van der Waals surface area contributed by atoms with Crippen molar-refractivity contribution in [2.45, 2.75) is 44.8 Å². The molecule has 0 saturated carbocycles. The molecular formula is C23H21F2N5O3. The average Bonchev–Trinajstić information content (AvgIpc) is 3.36. The number of alkyl halides is 2. The van der Waals surface area contributed by atoms with Crippen LogP contribution >= 0.6 is 0 Å². The Hall–Kier alpha value is -3.87. The Morgan fingerprint density at radius 1 is 1.21 bits per heavy atom. The normalized spacial score (nSPS) is 17.4. The summed E-state index contributed by atoms with van der Waals surface area (Å²) in [6.07, 6.45) is 1.70. The van der Waals surface area contributed by atoms with Crippen LogP contribution < -0.4 is 0 Å². The van der Waals surface area contributed by atoms with Gasteiger partial charge in [-0.15, -0.1) is 0 Å². The van der Waals surface area contributed by atoms with E-state index in [4.69, 9.17) is 9.26 Å². The van der Waals surface area contributed by atoms with Gasteiger partial charge in [0.05, 0.1) is 6.54 Å². The van der Waals surface area contributed by atoms with Crippen molar-refractivity contribution in [1.82, 2.24) is 25.0 Å². The molecule has 0 aliphatic carbocycles. The van der Waals surface area contributed by atoms with Crippen LogP contribution in [0.15, 0.2) is 47.2 Å². The highest BCUT2D eigenvalue weighted by molar-refractivity contribution is 5.69. The summed E-state index contributed by atoms with van der Waals surface area (Å²) in [4.78, 5) is 26.0. The maximum Gasteiger partial charge on any atom is 0.411 e. The highest BCUT2D eigenvalue weighted by atomic mass is 19.3. The summed E-state index contributed by atoms with van der Waals surface area (Å²) in [6.45, 7) is 4.20. The first kappa shape index (κ1) is 22.3. The van der Waals surface area contributed by atoms with Crippen LogP contribution in [0.1, 0.15) is 50.4 Å². The van der Waals surface area contributed by atoms with Crippen molar-refractivity contribution in [3.05, 3.63) is 59.9 Å². The minimum absolute atomic E-state index is 0.103. The third-order valence-corrected chi connectivity index (χ3v) is 4.62. The fourth-order valence-electron chi connectivity index (χ4n) is 3.20. The van der Waals surface area contributed by atoms with Crippen LogP contribution in [0.3, 0.4) is 0 Å². The molecule has 1 aliphatic rings. The number of aromatic nitrogens is 4. The second-order valence-electron chi connectivity index (χ2n) is 8.54. The molecule has 4 rings (SSSR count). The number of ether oxygens (including phenoxy) is 1. The number of amides is 1. The fraction of sp³-hybridized carbons (Fsp3) is 0.348. The molecule has 170 valence electrons. The van der Waals surface area contributed by atoms with Crippen molar-refractivity contribution in [2.75, 3.05) is 6.54 Å². The number of hydrogen-bond acceptors (Lipinski definition) is 7. The van der Waals surface area contributed by atoms with Crippen LogP contribution in [-0.4, -0.2) is 49.2 Å². The minimum atomic E-state index is -3.09. The van der Waals surface area contributed by atoms with Crippen LogP contribution in [0.25, 0.3) is 11.5 Å². The molecule has 0 radical (unpaired) electrons. The van der Waals surface area contributed by atoms with Gasteiger partial charge in [-0.05, 0) is 51.0 Å². The summed E-state index contributed by atoms with van der Waals surface area (Å²) < 4.78 is 38.7. The van der Waals surface area contributed by atoms with Crippen LogP contribution in [0, 0.1) is 11.8 Å². The molecule has 0 unspecified atom stereocenters. The topological polar surface area (TPSA) is 94.2 Å². The van der Waals surface area contributed by atoms with Gasteiger partial charge < -0.3 is 9.26 Å². The molecule has 0 aromatic carbocycles. The third-order valence-electron chi connectivity index (χ3n) is 4.62. The van der Waals surface area contributed by atoms with Crippen molar-refractivity contribution in [2.24, 2.45) is 0 Å². The molecule has 4 heterocycles. The minimum Gasteiger partial charge on any atom is -0.444 e. The standard InChI is InChI=1S/C23H21F2N5O3/c1-22(2,3)32-21(31)30-14-23(24,25)12-18(30)20-28-19(29-33-20)17-10-8-15(13-27-17)7-9-16-6-4-5-11-26-16/h4-6,8,10-11,13,18H,12,14H2,1-3H3/t18-/m1/s1. The summed E-state index contributed by atoms with van der Waals surface area (Å²) in [7, 11) is 0. The maximum atomic E-state index is 14.1. The zero-order valence-electron chi connectivity index (χ0n) is 18.2. The molecule has 0 bridgehead atoms. The number of pyridine rings is 2. The molecule has 0 N–H and O–H groups in total. The van der Waals surface area contributed by atoms with Crippen molar-refractivity contribution < 1.29 is 22.8 Å². The molecule has 1 aliphatic heterocycles. The van der Waals surface area contributed by atoms with Crippen LogP contribution in [0.2, 0.25) is 0 Å². The van der Waals surface area contributed by atoms with Crippen molar-refractivity contribution in [3.63, 3.8) is 0 Å². The lowest BCUT2D eigenvalue weighted by atomic mass is 10.2. The molecule has 1 atom stereocenters. The van der Waals surface area contributed by atoms with E-state index in [-0.39, 0.29) is 11.7 Å². The van der Waals surface area contributed by atoms with E-state index in [0.717, 1.165) is 4.90 Å².